The van der Waals surface area contributed by atoms with Crippen LogP contribution in [0.5, 0.6) is 0 Å². The van der Waals surface area contributed by atoms with E-state index in [9.17, 15) is 14.7 Å². The topological polar surface area (TPSA) is 95.7 Å². The summed E-state index contributed by atoms with van der Waals surface area (Å²) in [6, 6.07) is 4.85. The molecule has 0 aliphatic carbocycles. The van der Waals surface area contributed by atoms with E-state index in [0.29, 0.717) is 31.6 Å². The fraction of sp³-hybridized carbons (Fsp3) is 0.429. The van der Waals surface area contributed by atoms with Gasteiger partial charge in [-0.2, -0.15) is 0 Å². The fourth-order valence-electron chi connectivity index (χ4n) is 2.63. The van der Waals surface area contributed by atoms with Gasteiger partial charge in [0.25, 0.3) is 0 Å². The van der Waals surface area contributed by atoms with Crippen LogP contribution < -0.4 is 11.1 Å². The van der Waals surface area contributed by atoms with E-state index in [0.717, 1.165) is 0 Å². The van der Waals surface area contributed by atoms with Crippen LogP contribution in [0, 0.1) is 0 Å². The van der Waals surface area contributed by atoms with Crippen LogP contribution in [0.4, 0.5) is 5.69 Å². The Morgan fingerprint density at radius 1 is 1.55 bits per heavy atom. The normalized spacial score (nSPS) is 19.6. The molecule has 1 aliphatic heterocycles. The first kappa shape index (κ1) is 14.3. The van der Waals surface area contributed by atoms with Gasteiger partial charge in [0.2, 0.25) is 5.91 Å². The molecule has 0 saturated carbocycles. The van der Waals surface area contributed by atoms with Gasteiger partial charge in [0.15, 0.2) is 0 Å². The van der Waals surface area contributed by atoms with Crippen LogP contribution in [-0.2, 0) is 11.3 Å². The minimum Gasteiger partial charge on any atom is -0.478 e. The van der Waals surface area contributed by atoms with Gasteiger partial charge in [0, 0.05) is 25.3 Å². The highest BCUT2D eigenvalue weighted by Crippen LogP contribution is 2.21. The number of hydrogen-bond acceptors (Lipinski definition) is 4. The van der Waals surface area contributed by atoms with E-state index in [1.165, 1.54) is 0 Å². The van der Waals surface area contributed by atoms with E-state index in [1.54, 1.807) is 18.2 Å². The summed E-state index contributed by atoms with van der Waals surface area (Å²) in [4.78, 5) is 25.1. The molecule has 1 atom stereocenters. The van der Waals surface area contributed by atoms with Crippen molar-refractivity contribution < 1.29 is 14.7 Å². The SMILES string of the molecule is CCC1C(=O)NCCN1Cc1cccc(N)c1C(=O)O. The third kappa shape index (κ3) is 2.75. The number of nitrogens with one attached hydrogen (secondary N) is 1. The Hall–Kier alpha value is -2.08. The van der Waals surface area contributed by atoms with Crippen LogP contribution >= 0.6 is 0 Å². The molecule has 0 spiro atoms. The maximum absolute atomic E-state index is 11.8. The van der Waals surface area contributed by atoms with Crippen LogP contribution in [0.2, 0.25) is 0 Å². The Morgan fingerprint density at radius 3 is 2.95 bits per heavy atom. The number of benzene rings is 1. The van der Waals surface area contributed by atoms with E-state index in [-0.39, 0.29) is 23.2 Å². The van der Waals surface area contributed by atoms with Crippen molar-refractivity contribution in [3.05, 3.63) is 29.3 Å². The van der Waals surface area contributed by atoms with Gasteiger partial charge in [0.05, 0.1) is 11.6 Å². The van der Waals surface area contributed by atoms with E-state index in [4.69, 9.17) is 5.73 Å². The lowest BCUT2D eigenvalue weighted by Crippen LogP contribution is -2.54. The minimum atomic E-state index is -1.03. The molecule has 6 heteroatoms. The van der Waals surface area contributed by atoms with Crippen LogP contribution in [0.1, 0.15) is 29.3 Å². The summed E-state index contributed by atoms with van der Waals surface area (Å²) in [6.07, 6.45) is 0.691. The van der Waals surface area contributed by atoms with Gasteiger partial charge in [-0.1, -0.05) is 19.1 Å². The van der Waals surface area contributed by atoms with Gasteiger partial charge < -0.3 is 16.2 Å². The van der Waals surface area contributed by atoms with Crippen LogP contribution in [-0.4, -0.2) is 41.0 Å². The number of amides is 1. The Kier molecular flexibility index (Phi) is 4.24. The number of carboxylic acid groups (broad SMARTS) is 1. The third-order valence-corrected chi connectivity index (χ3v) is 3.60. The van der Waals surface area contributed by atoms with Crippen molar-refractivity contribution in [2.45, 2.75) is 25.9 Å². The Labute approximate surface area is 117 Å². The highest BCUT2D eigenvalue weighted by Gasteiger charge is 2.29. The molecular weight excluding hydrogens is 258 g/mol. The first-order valence-corrected chi connectivity index (χ1v) is 6.67. The summed E-state index contributed by atoms with van der Waals surface area (Å²) in [5, 5.41) is 12.1. The Morgan fingerprint density at radius 2 is 2.30 bits per heavy atom. The Balaban J connectivity index is 2.27. The summed E-state index contributed by atoms with van der Waals surface area (Å²) in [5.74, 6) is -1.04. The standard InChI is InChI=1S/C14H19N3O3/c1-2-11-13(18)16-6-7-17(11)8-9-4-3-5-10(15)12(9)14(19)20/h3-5,11H,2,6-8,15H2,1H3,(H,16,18)(H,19,20). The minimum absolute atomic E-state index is 0.000437. The molecule has 1 aliphatic rings. The number of piperazine rings is 1. The van der Waals surface area contributed by atoms with Gasteiger partial charge in [-0.15, -0.1) is 0 Å². The quantitative estimate of drug-likeness (QED) is 0.703. The smallest absolute Gasteiger partial charge is 0.338 e. The second-order valence-electron chi connectivity index (χ2n) is 4.87. The average molecular weight is 277 g/mol. The highest BCUT2D eigenvalue weighted by molar-refractivity contribution is 5.95. The molecule has 0 radical (unpaired) electrons. The molecule has 1 fully saturated rings. The number of nitrogen functional groups attached to an aromatic ring is 1. The molecule has 0 aromatic heterocycles. The van der Waals surface area contributed by atoms with E-state index in [1.807, 2.05) is 11.8 Å². The molecule has 1 unspecified atom stereocenters. The third-order valence-electron chi connectivity index (χ3n) is 3.60. The van der Waals surface area contributed by atoms with E-state index < -0.39 is 5.97 Å². The van der Waals surface area contributed by atoms with Crippen molar-refractivity contribution in [3.63, 3.8) is 0 Å². The fourth-order valence-corrected chi connectivity index (χ4v) is 2.63. The van der Waals surface area contributed by atoms with Gasteiger partial charge in [-0.3, -0.25) is 9.69 Å². The molecule has 2 rings (SSSR count). The molecule has 0 bridgehead atoms. The summed E-state index contributed by atoms with van der Waals surface area (Å²) in [6.45, 7) is 3.65. The number of carbonyl (C=O) groups is 2. The predicted octanol–water partition coefficient (Wildman–Crippen LogP) is 0.677. The number of anilines is 1. The number of nitrogens with zero attached hydrogens (tertiary/aromatic N) is 1. The molecule has 1 saturated heterocycles. The maximum atomic E-state index is 11.8. The number of rotatable bonds is 4. The molecular formula is C14H19N3O3. The van der Waals surface area contributed by atoms with E-state index >= 15 is 0 Å². The van der Waals surface area contributed by atoms with Crippen molar-refractivity contribution in [3.8, 4) is 0 Å². The predicted molar refractivity (Wildman–Crippen MR) is 75.3 cm³/mol. The highest BCUT2D eigenvalue weighted by atomic mass is 16.4. The van der Waals surface area contributed by atoms with Gasteiger partial charge in [-0.25, -0.2) is 4.79 Å². The monoisotopic (exact) mass is 277 g/mol. The zero-order chi connectivity index (χ0) is 14.7. The number of aromatic carboxylic acids is 1. The van der Waals surface area contributed by atoms with Crippen molar-refractivity contribution in [2.75, 3.05) is 18.8 Å². The molecule has 1 aromatic carbocycles. The largest absolute Gasteiger partial charge is 0.478 e. The molecule has 6 nitrogen and oxygen atoms in total. The molecule has 1 aromatic rings. The lowest BCUT2D eigenvalue weighted by molar-refractivity contribution is -0.129. The number of carbonyl (C=O) groups excluding carboxylic acids is 1. The van der Waals surface area contributed by atoms with Crippen molar-refractivity contribution in [1.29, 1.82) is 0 Å². The first-order valence-electron chi connectivity index (χ1n) is 6.67. The number of carboxylic acids is 1. The lowest BCUT2D eigenvalue weighted by Gasteiger charge is -2.34. The molecule has 1 amide bonds. The van der Waals surface area contributed by atoms with Gasteiger partial charge >= 0.3 is 5.97 Å². The summed E-state index contributed by atoms with van der Waals surface area (Å²) in [5.41, 5.74) is 6.77. The Bertz CT molecular complexity index is 530. The van der Waals surface area contributed by atoms with Crippen molar-refractivity contribution in [1.82, 2.24) is 10.2 Å². The van der Waals surface area contributed by atoms with Crippen LogP contribution in [0.15, 0.2) is 18.2 Å². The first-order chi connectivity index (χ1) is 9.54. The molecule has 20 heavy (non-hydrogen) atoms. The summed E-state index contributed by atoms with van der Waals surface area (Å²) < 4.78 is 0. The van der Waals surface area contributed by atoms with Gasteiger partial charge in [0.1, 0.15) is 0 Å². The second-order valence-corrected chi connectivity index (χ2v) is 4.87. The molecule has 108 valence electrons. The van der Waals surface area contributed by atoms with Gasteiger partial charge in [-0.05, 0) is 18.1 Å². The summed E-state index contributed by atoms with van der Waals surface area (Å²) in [7, 11) is 0. The van der Waals surface area contributed by atoms with Crippen molar-refractivity contribution >= 4 is 17.6 Å². The average Bonchev–Trinajstić information content (AvgIpc) is 2.38. The zero-order valence-electron chi connectivity index (χ0n) is 11.4. The van der Waals surface area contributed by atoms with Crippen molar-refractivity contribution in [2.24, 2.45) is 0 Å². The van der Waals surface area contributed by atoms with Crippen LogP contribution in [0.3, 0.4) is 0 Å². The van der Waals surface area contributed by atoms with Crippen LogP contribution in [0.25, 0.3) is 0 Å². The number of hydrogen-bond donors (Lipinski definition) is 3. The lowest BCUT2D eigenvalue weighted by atomic mass is 10.0. The molecule has 4 N–H and O–H groups in total. The maximum Gasteiger partial charge on any atom is 0.338 e. The zero-order valence-corrected chi connectivity index (χ0v) is 11.4. The van der Waals surface area contributed by atoms with E-state index in [2.05, 4.69) is 5.32 Å². The second kappa shape index (κ2) is 5.92. The summed E-state index contributed by atoms with van der Waals surface area (Å²) >= 11 is 0. The number of nitrogens with two attached hydrogens (primary N) is 1. The molecule has 1 heterocycles.